The zero-order valence-corrected chi connectivity index (χ0v) is 17.6. The maximum atomic E-state index is 6.29. The van der Waals surface area contributed by atoms with E-state index in [4.69, 9.17) is 21.1 Å². The molecule has 5 heterocycles. The highest BCUT2D eigenvalue weighted by atomic mass is 35.5. The molecule has 0 aliphatic carbocycles. The van der Waals surface area contributed by atoms with E-state index >= 15 is 0 Å². The fourth-order valence-corrected chi connectivity index (χ4v) is 5.06. The van der Waals surface area contributed by atoms with Gasteiger partial charge in [0, 0.05) is 23.1 Å². The predicted molar refractivity (Wildman–Crippen MR) is 120 cm³/mol. The van der Waals surface area contributed by atoms with Crippen LogP contribution in [0, 0.1) is 0 Å². The quantitative estimate of drug-likeness (QED) is 0.393. The highest BCUT2D eigenvalue weighted by Gasteiger charge is 2.35. The molecule has 0 amide bonds. The van der Waals surface area contributed by atoms with E-state index in [9.17, 15) is 0 Å². The Morgan fingerprint density at radius 3 is 2.94 bits per heavy atom. The van der Waals surface area contributed by atoms with E-state index in [1.165, 1.54) is 10.9 Å². The summed E-state index contributed by atoms with van der Waals surface area (Å²) in [5, 5.41) is 1.42. The average Bonchev–Trinajstić information content (AvgIpc) is 3.54. The summed E-state index contributed by atoms with van der Waals surface area (Å²) in [6, 6.07) is 14.4. The van der Waals surface area contributed by atoms with E-state index in [1.807, 2.05) is 12.1 Å². The largest absolute Gasteiger partial charge is 0.454 e. The molecule has 0 fully saturated rings. The Balaban J connectivity index is 1.48. The van der Waals surface area contributed by atoms with Crippen LogP contribution >= 0.6 is 11.6 Å². The third-order valence-electron chi connectivity index (χ3n) is 6.26. The third-order valence-corrected chi connectivity index (χ3v) is 6.43. The van der Waals surface area contributed by atoms with Gasteiger partial charge < -0.3 is 24.3 Å². The number of nitrogens with zero attached hydrogens (tertiary/aromatic N) is 4. The van der Waals surface area contributed by atoms with Crippen LogP contribution in [0.15, 0.2) is 48.8 Å². The first kappa shape index (κ1) is 17.9. The summed E-state index contributed by atoms with van der Waals surface area (Å²) in [5.74, 6) is 2.23. The molecule has 1 unspecified atom stereocenters. The maximum absolute atomic E-state index is 6.29. The van der Waals surface area contributed by atoms with Gasteiger partial charge in [-0.1, -0.05) is 24.3 Å². The zero-order chi connectivity index (χ0) is 21.2. The van der Waals surface area contributed by atoms with Crippen LogP contribution in [0.1, 0.15) is 22.9 Å². The standard InChI is InChI=1S/C23H17ClN6O2/c24-23-28-21-19(25-10-26-21)22(29-23)30-8-7-14-13-3-1-2-4-15(13)27-18(14)20(30)12-5-6-16-17(9-12)32-11-31-16/h1-6,9-10,20,27H,7-8,11H2,(H,25,26,28,29). The molecule has 2 N–H and O–H groups in total. The van der Waals surface area contributed by atoms with Crippen molar-refractivity contribution in [1.82, 2.24) is 24.9 Å². The Kier molecular flexibility index (Phi) is 3.69. The highest BCUT2D eigenvalue weighted by molar-refractivity contribution is 6.28. The van der Waals surface area contributed by atoms with Gasteiger partial charge in [-0.2, -0.15) is 9.97 Å². The van der Waals surface area contributed by atoms with Crippen molar-refractivity contribution in [2.24, 2.45) is 0 Å². The number of halogens is 1. The number of fused-ring (bicyclic) bond motifs is 5. The van der Waals surface area contributed by atoms with Crippen LogP contribution in [0.5, 0.6) is 11.5 Å². The van der Waals surface area contributed by atoms with Crippen molar-refractivity contribution in [1.29, 1.82) is 0 Å². The number of ether oxygens (including phenoxy) is 2. The number of nitrogens with one attached hydrogen (secondary N) is 2. The zero-order valence-electron chi connectivity index (χ0n) is 16.8. The van der Waals surface area contributed by atoms with Crippen molar-refractivity contribution in [3.63, 3.8) is 0 Å². The smallest absolute Gasteiger partial charge is 0.231 e. The molecule has 158 valence electrons. The van der Waals surface area contributed by atoms with E-state index in [0.717, 1.165) is 52.6 Å². The fraction of sp³-hybridized carbons (Fsp3) is 0.174. The molecule has 8 nitrogen and oxygen atoms in total. The van der Waals surface area contributed by atoms with Gasteiger partial charge in [-0.15, -0.1) is 0 Å². The van der Waals surface area contributed by atoms with Crippen LogP contribution in [-0.4, -0.2) is 38.3 Å². The number of rotatable bonds is 2. The fourth-order valence-electron chi connectivity index (χ4n) is 4.90. The Hall–Kier alpha value is -3.78. The van der Waals surface area contributed by atoms with Gasteiger partial charge in [0.15, 0.2) is 23.0 Å². The summed E-state index contributed by atoms with van der Waals surface area (Å²) in [5.41, 5.74) is 5.97. The first-order valence-electron chi connectivity index (χ1n) is 10.4. The van der Waals surface area contributed by atoms with E-state index in [1.54, 1.807) is 6.33 Å². The maximum Gasteiger partial charge on any atom is 0.231 e. The number of hydrogen-bond donors (Lipinski definition) is 2. The van der Waals surface area contributed by atoms with Crippen molar-refractivity contribution in [2.45, 2.75) is 12.5 Å². The number of imidazole rings is 1. The number of hydrogen-bond acceptors (Lipinski definition) is 6. The molecule has 1 atom stereocenters. The number of anilines is 1. The summed E-state index contributed by atoms with van der Waals surface area (Å²) in [6.45, 7) is 0.997. The van der Waals surface area contributed by atoms with Gasteiger partial charge in [0.2, 0.25) is 12.1 Å². The minimum atomic E-state index is -0.127. The van der Waals surface area contributed by atoms with Crippen LogP contribution in [0.4, 0.5) is 5.82 Å². The van der Waals surface area contributed by atoms with Gasteiger partial charge in [0.05, 0.1) is 12.4 Å². The van der Waals surface area contributed by atoms with E-state index < -0.39 is 0 Å². The first-order valence-corrected chi connectivity index (χ1v) is 10.8. The number of aromatic amines is 2. The molecule has 0 bridgehead atoms. The summed E-state index contributed by atoms with van der Waals surface area (Å²) in [4.78, 5) is 22.3. The minimum absolute atomic E-state index is 0.127. The lowest BCUT2D eigenvalue weighted by molar-refractivity contribution is 0.174. The summed E-state index contributed by atoms with van der Waals surface area (Å²) >= 11 is 6.29. The average molecular weight is 445 g/mol. The van der Waals surface area contributed by atoms with Crippen molar-refractivity contribution in [3.05, 3.63) is 70.9 Å². The molecule has 2 aromatic carbocycles. The lowest BCUT2D eigenvalue weighted by Gasteiger charge is -2.37. The van der Waals surface area contributed by atoms with Gasteiger partial charge >= 0.3 is 0 Å². The molecule has 32 heavy (non-hydrogen) atoms. The molecule has 9 heteroatoms. The topological polar surface area (TPSA) is 92.0 Å². The Morgan fingerprint density at radius 1 is 1.06 bits per heavy atom. The second kappa shape index (κ2) is 6.61. The summed E-state index contributed by atoms with van der Waals surface area (Å²) in [6.07, 6.45) is 2.49. The van der Waals surface area contributed by atoms with Crippen molar-refractivity contribution in [3.8, 4) is 11.5 Å². The summed E-state index contributed by atoms with van der Waals surface area (Å²) < 4.78 is 11.2. The molecule has 5 aromatic rings. The second-order valence-corrected chi connectivity index (χ2v) is 8.28. The van der Waals surface area contributed by atoms with Gasteiger partial charge in [-0.25, -0.2) is 4.98 Å². The molecular formula is C23H17ClN6O2. The molecule has 0 saturated heterocycles. The number of para-hydroxylation sites is 1. The van der Waals surface area contributed by atoms with E-state index in [-0.39, 0.29) is 18.1 Å². The summed E-state index contributed by atoms with van der Waals surface area (Å²) in [7, 11) is 0. The molecule has 3 aromatic heterocycles. The number of H-pyrrole nitrogens is 2. The van der Waals surface area contributed by atoms with Gasteiger partial charge in [0.25, 0.3) is 0 Å². The Labute approximate surface area is 187 Å². The third kappa shape index (κ3) is 2.53. The van der Waals surface area contributed by atoms with Crippen molar-refractivity contribution < 1.29 is 9.47 Å². The lowest BCUT2D eigenvalue weighted by atomic mass is 9.92. The second-order valence-electron chi connectivity index (χ2n) is 7.94. The van der Waals surface area contributed by atoms with Gasteiger partial charge in [-0.3, -0.25) is 0 Å². The van der Waals surface area contributed by atoms with E-state index in [0.29, 0.717) is 5.65 Å². The number of aromatic nitrogens is 5. The lowest BCUT2D eigenvalue weighted by Crippen LogP contribution is -2.37. The molecule has 0 saturated carbocycles. The molecule has 2 aliphatic rings. The molecule has 0 radical (unpaired) electrons. The van der Waals surface area contributed by atoms with Crippen LogP contribution in [0.2, 0.25) is 5.28 Å². The normalized spacial score (nSPS) is 17.3. The van der Waals surface area contributed by atoms with Crippen LogP contribution in [-0.2, 0) is 6.42 Å². The minimum Gasteiger partial charge on any atom is -0.454 e. The van der Waals surface area contributed by atoms with Crippen molar-refractivity contribution >= 4 is 39.5 Å². The highest BCUT2D eigenvalue weighted by Crippen LogP contribution is 2.44. The molecule has 0 spiro atoms. The van der Waals surface area contributed by atoms with Crippen LogP contribution in [0.3, 0.4) is 0 Å². The molecular weight excluding hydrogens is 428 g/mol. The van der Waals surface area contributed by atoms with Gasteiger partial charge in [0.1, 0.15) is 5.52 Å². The van der Waals surface area contributed by atoms with Crippen molar-refractivity contribution in [2.75, 3.05) is 18.2 Å². The van der Waals surface area contributed by atoms with Crippen LogP contribution < -0.4 is 14.4 Å². The monoisotopic (exact) mass is 444 g/mol. The number of benzene rings is 2. The SMILES string of the molecule is Clc1nc(N2CCc3c([nH]c4ccccc34)C2c2ccc3c(c2)OCO3)c2[nH]cnc2n1. The molecule has 2 aliphatic heterocycles. The van der Waals surface area contributed by atoms with Gasteiger partial charge in [-0.05, 0) is 47.3 Å². The first-order chi connectivity index (χ1) is 15.8. The Morgan fingerprint density at radius 2 is 1.97 bits per heavy atom. The molecule has 7 rings (SSSR count). The Bertz CT molecular complexity index is 1510. The predicted octanol–water partition coefficient (Wildman–Crippen LogP) is 4.37. The van der Waals surface area contributed by atoms with E-state index in [2.05, 4.69) is 60.2 Å². The van der Waals surface area contributed by atoms with Crippen LogP contribution in [0.25, 0.3) is 22.1 Å².